The highest BCUT2D eigenvalue weighted by atomic mass is 32.1. The number of benzene rings is 3. The van der Waals surface area contributed by atoms with Crippen molar-refractivity contribution in [3.63, 3.8) is 0 Å². The van der Waals surface area contributed by atoms with Gasteiger partial charge in [-0.05, 0) is 42.0 Å². The number of hydrogen-bond donors (Lipinski definition) is 3. The molecule has 0 bridgehead atoms. The third-order valence-corrected chi connectivity index (χ3v) is 4.75. The molecule has 8 nitrogen and oxygen atoms in total. The van der Waals surface area contributed by atoms with Gasteiger partial charge in [-0.15, -0.1) is 0 Å². The van der Waals surface area contributed by atoms with Crippen molar-refractivity contribution in [1.82, 2.24) is 5.43 Å². The van der Waals surface area contributed by atoms with Gasteiger partial charge in [0.25, 0.3) is 5.91 Å². The van der Waals surface area contributed by atoms with Crippen molar-refractivity contribution in [3.05, 3.63) is 84.4 Å². The van der Waals surface area contributed by atoms with Gasteiger partial charge in [-0.2, -0.15) is 5.10 Å². The Morgan fingerprint density at radius 2 is 1.69 bits per heavy atom. The van der Waals surface area contributed by atoms with E-state index in [4.69, 9.17) is 17.0 Å². The van der Waals surface area contributed by atoms with Crippen molar-refractivity contribution in [3.8, 4) is 5.75 Å². The largest absolute Gasteiger partial charge is 0.481 e. The molecule has 4 rings (SSSR count). The van der Waals surface area contributed by atoms with Crippen LogP contribution in [0.1, 0.15) is 5.56 Å². The van der Waals surface area contributed by atoms with Gasteiger partial charge in [0.05, 0.1) is 11.9 Å². The van der Waals surface area contributed by atoms with Gasteiger partial charge in [0.2, 0.25) is 0 Å². The lowest BCUT2D eigenvalue weighted by Crippen LogP contribution is -2.45. The lowest BCUT2D eigenvalue weighted by molar-refractivity contribution is -0.120. The highest BCUT2D eigenvalue weighted by molar-refractivity contribution is 7.80. The molecule has 3 amide bonds. The molecule has 0 unspecified atom stereocenters. The molecule has 160 valence electrons. The maximum absolute atomic E-state index is 12.5. The van der Waals surface area contributed by atoms with E-state index in [1.54, 1.807) is 24.4 Å². The van der Waals surface area contributed by atoms with Crippen molar-refractivity contribution in [2.45, 2.75) is 0 Å². The Balaban J connectivity index is 1.43. The molecule has 3 aromatic carbocycles. The number of carbonyl (C=O) groups is 2. The van der Waals surface area contributed by atoms with Crippen LogP contribution in [0.5, 0.6) is 5.75 Å². The molecule has 32 heavy (non-hydrogen) atoms. The van der Waals surface area contributed by atoms with E-state index in [9.17, 15) is 9.59 Å². The molecule has 0 fully saturated rings. The van der Waals surface area contributed by atoms with Crippen LogP contribution in [0.2, 0.25) is 0 Å². The molecule has 1 aliphatic heterocycles. The minimum Gasteiger partial charge on any atom is -0.481 e. The average Bonchev–Trinajstić information content (AvgIpc) is 2.80. The van der Waals surface area contributed by atoms with Crippen LogP contribution in [0.15, 0.2) is 84.0 Å². The molecule has 3 aromatic rings. The smallest absolute Gasteiger partial charge is 0.339 e. The minimum absolute atomic E-state index is 0.166. The quantitative estimate of drug-likeness (QED) is 0.321. The van der Waals surface area contributed by atoms with Gasteiger partial charge in [-0.25, -0.2) is 10.2 Å². The maximum atomic E-state index is 12.5. The molecule has 0 saturated heterocycles. The van der Waals surface area contributed by atoms with E-state index in [1.165, 1.54) is 4.90 Å². The zero-order chi connectivity index (χ0) is 22.3. The maximum Gasteiger partial charge on any atom is 0.339 e. The third kappa shape index (κ3) is 5.08. The summed E-state index contributed by atoms with van der Waals surface area (Å²) in [5, 5.41) is 9.88. The molecule has 0 atom stereocenters. The number of ether oxygens (including phenoxy) is 1. The van der Waals surface area contributed by atoms with Crippen molar-refractivity contribution < 1.29 is 14.3 Å². The Labute approximate surface area is 189 Å². The van der Waals surface area contributed by atoms with Crippen LogP contribution in [-0.4, -0.2) is 29.9 Å². The predicted molar refractivity (Wildman–Crippen MR) is 128 cm³/mol. The molecule has 3 N–H and O–H groups in total. The summed E-state index contributed by atoms with van der Waals surface area (Å²) in [7, 11) is 0. The van der Waals surface area contributed by atoms with Crippen molar-refractivity contribution in [1.29, 1.82) is 0 Å². The molecule has 0 spiro atoms. The molecular weight excluding hydrogens is 426 g/mol. The predicted octanol–water partition coefficient (Wildman–Crippen LogP) is 3.96. The molecule has 1 heterocycles. The zero-order valence-electron chi connectivity index (χ0n) is 16.8. The van der Waals surface area contributed by atoms with E-state index in [0.29, 0.717) is 17.1 Å². The Bertz CT molecular complexity index is 1170. The molecular formula is C23H19N5O3S. The van der Waals surface area contributed by atoms with Gasteiger partial charge in [-0.3, -0.25) is 9.69 Å². The highest BCUT2D eigenvalue weighted by Crippen LogP contribution is 2.35. The summed E-state index contributed by atoms with van der Waals surface area (Å²) in [6.07, 6.45) is 1.54. The van der Waals surface area contributed by atoms with Gasteiger partial charge in [0.1, 0.15) is 5.75 Å². The Morgan fingerprint density at radius 3 is 2.44 bits per heavy atom. The number of urea groups is 1. The van der Waals surface area contributed by atoms with Crippen LogP contribution in [0.25, 0.3) is 0 Å². The van der Waals surface area contributed by atoms with E-state index in [-0.39, 0.29) is 17.6 Å². The number of carbonyl (C=O) groups excluding carboxylic acids is 2. The highest BCUT2D eigenvalue weighted by Gasteiger charge is 2.29. The fourth-order valence-electron chi connectivity index (χ4n) is 3.02. The first kappa shape index (κ1) is 21.0. The molecule has 0 saturated carbocycles. The van der Waals surface area contributed by atoms with Gasteiger partial charge in [0.15, 0.2) is 11.7 Å². The molecule has 0 aliphatic carbocycles. The number of hydrazone groups is 1. The number of thiocarbonyl (C=S) groups is 1. The molecule has 0 radical (unpaired) electrons. The number of para-hydroxylation sites is 1. The first-order chi connectivity index (χ1) is 15.6. The fraction of sp³-hybridized carbons (Fsp3) is 0.0435. The second-order valence-corrected chi connectivity index (χ2v) is 7.12. The summed E-state index contributed by atoms with van der Waals surface area (Å²) in [5.41, 5.74) is 5.00. The van der Waals surface area contributed by atoms with E-state index >= 15 is 0 Å². The number of nitrogens with zero attached hydrogens (tertiary/aromatic N) is 2. The zero-order valence-corrected chi connectivity index (χ0v) is 17.6. The summed E-state index contributed by atoms with van der Waals surface area (Å²) in [4.78, 5) is 26.0. The Hall–Kier alpha value is -4.24. The molecule has 1 aliphatic rings. The van der Waals surface area contributed by atoms with Crippen LogP contribution in [0, 0.1) is 0 Å². The Morgan fingerprint density at radius 1 is 0.969 bits per heavy atom. The average molecular weight is 446 g/mol. The first-order valence-corrected chi connectivity index (χ1v) is 10.1. The van der Waals surface area contributed by atoms with Gasteiger partial charge >= 0.3 is 6.03 Å². The second-order valence-electron chi connectivity index (χ2n) is 6.73. The molecule has 9 heteroatoms. The number of hydrogen-bond acceptors (Lipinski definition) is 5. The van der Waals surface area contributed by atoms with Gasteiger partial charge in [-0.1, -0.05) is 48.5 Å². The summed E-state index contributed by atoms with van der Waals surface area (Å²) in [6.45, 7) is -0.166. The number of nitrogens with one attached hydrogen (secondary N) is 3. The van der Waals surface area contributed by atoms with Crippen LogP contribution in [0.4, 0.5) is 21.9 Å². The molecule has 0 aromatic heterocycles. The lowest BCUT2D eigenvalue weighted by Gasteiger charge is -2.30. The lowest BCUT2D eigenvalue weighted by atomic mass is 10.2. The summed E-state index contributed by atoms with van der Waals surface area (Å²) >= 11 is 5.44. The Kier molecular flexibility index (Phi) is 6.38. The van der Waals surface area contributed by atoms with E-state index < -0.39 is 6.03 Å². The van der Waals surface area contributed by atoms with Crippen LogP contribution in [0.3, 0.4) is 0 Å². The monoisotopic (exact) mass is 445 g/mol. The number of anilines is 3. The van der Waals surface area contributed by atoms with E-state index in [2.05, 4.69) is 21.2 Å². The third-order valence-electron chi connectivity index (χ3n) is 4.47. The van der Waals surface area contributed by atoms with Gasteiger partial charge in [0, 0.05) is 17.4 Å². The van der Waals surface area contributed by atoms with Crippen molar-refractivity contribution in [2.24, 2.45) is 5.10 Å². The standard InChI is InChI=1S/C23H19N5O3S/c29-21-15-31-20-13-18(25-22(30)27-24-14-16-7-3-1-4-8-16)11-12-19(20)28(21)23(32)26-17-9-5-2-6-10-17/h1-14H,15H2,(H,26,32)(H2,25,27,30)/b24-14-. The minimum atomic E-state index is -0.512. The first-order valence-electron chi connectivity index (χ1n) is 9.71. The van der Waals surface area contributed by atoms with E-state index in [1.807, 2.05) is 60.7 Å². The number of rotatable bonds is 4. The fourth-order valence-corrected chi connectivity index (χ4v) is 3.34. The normalized spacial score (nSPS) is 12.6. The van der Waals surface area contributed by atoms with Crippen molar-refractivity contribution in [2.75, 3.05) is 22.1 Å². The van der Waals surface area contributed by atoms with E-state index in [0.717, 1.165) is 11.3 Å². The SMILES string of the molecule is O=C(N/N=C\c1ccccc1)Nc1ccc2c(c1)OCC(=O)N2C(=S)Nc1ccccc1. The van der Waals surface area contributed by atoms with Crippen LogP contribution < -0.4 is 25.7 Å². The topological polar surface area (TPSA) is 95.1 Å². The summed E-state index contributed by atoms with van der Waals surface area (Å²) in [6, 6.07) is 23.1. The van der Waals surface area contributed by atoms with Gasteiger partial charge < -0.3 is 15.4 Å². The van der Waals surface area contributed by atoms with Crippen molar-refractivity contribution >= 4 is 52.5 Å². The van der Waals surface area contributed by atoms with Crippen LogP contribution >= 0.6 is 12.2 Å². The summed E-state index contributed by atoms with van der Waals surface area (Å²) in [5.74, 6) is 0.132. The van der Waals surface area contributed by atoms with Crippen LogP contribution in [-0.2, 0) is 4.79 Å². The number of fused-ring (bicyclic) bond motifs is 1. The number of amides is 3. The second kappa shape index (κ2) is 9.71. The summed E-state index contributed by atoms with van der Waals surface area (Å²) < 4.78 is 5.55.